The van der Waals surface area contributed by atoms with Gasteiger partial charge in [-0.25, -0.2) is 12.8 Å². The lowest BCUT2D eigenvalue weighted by molar-refractivity contribution is 0.583. The van der Waals surface area contributed by atoms with Crippen LogP contribution < -0.4 is 5.73 Å². The number of benzene rings is 1. The summed E-state index contributed by atoms with van der Waals surface area (Å²) in [7, 11) is -2.96. The quantitative estimate of drug-likeness (QED) is 0.877. The van der Waals surface area contributed by atoms with Gasteiger partial charge in [-0.3, -0.25) is 0 Å². The van der Waals surface area contributed by atoms with Gasteiger partial charge in [-0.15, -0.1) is 0 Å². The Morgan fingerprint density at radius 2 is 2.11 bits per heavy atom. The SMILES string of the molecule is CCS(=O)(=O)CCCC(N)c1ccc(F)cc1Cl. The molecule has 0 aliphatic rings. The van der Waals surface area contributed by atoms with Crippen molar-refractivity contribution in [1.82, 2.24) is 0 Å². The van der Waals surface area contributed by atoms with Gasteiger partial charge >= 0.3 is 0 Å². The van der Waals surface area contributed by atoms with Crippen LogP contribution in [0.1, 0.15) is 31.4 Å². The summed E-state index contributed by atoms with van der Waals surface area (Å²) in [6, 6.07) is 3.67. The minimum Gasteiger partial charge on any atom is -0.324 e. The van der Waals surface area contributed by atoms with E-state index in [-0.39, 0.29) is 22.6 Å². The zero-order valence-electron chi connectivity index (χ0n) is 10.2. The highest BCUT2D eigenvalue weighted by molar-refractivity contribution is 7.91. The van der Waals surface area contributed by atoms with Crippen LogP contribution in [-0.2, 0) is 9.84 Å². The van der Waals surface area contributed by atoms with E-state index >= 15 is 0 Å². The second kappa shape index (κ2) is 6.50. The van der Waals surface area contributed by atoms with Crippen molar-refractivity contribution >= 4 is 21.4 Å². The van der Waals surface area contributed by atoms with Gasteiger partial charge in [-0.1, -0.05) is 24.6 Å². The van der Waals surface area contributed by atoms with Gasteiger partial charge in [-0.05, 0) is 30.5 Å². The second-order valence-electron chi connectivity index (χ2n) is 4.15. The van der Waals surface area contributed by atoms with E-state index in [1.807, 2.05) is 0 Å². The first-order valence-electron chi connectivity index (χ1n) is 5.76. The molecule has 6 heteroatoms. The Morgan fingerprint density at radius 1 is 1.44 bits per heavy atom. The summed E-state index contributed by atoms with van der Waals surface area (Å²) in [5.41, 5.74) is 6.56. The van der Waals surface area contributed by atoms with Crippen LogP contribution in [0.15, 0.2) is 18.2 Å². The first-order chi connectivity index (χ1) is 8.35. The summed E-state index contributed by atoms with van der Waals surface area (Å²) in [5.74, 6) is -0.153. The highest BCUT2D eigenvalue weighted by Crippen LogP contribution is 2.25. The monoisotopic (exact) mass is 293 g/mol. The predicted molar refractivity (Wildman–Crippen MR) is 71.9 cm³/mol. The van der Waals surface area contributed by atoms with E-state index in [0.717, 1.165) is 0 Å². The van der Waals surface area contributed by atoms with Crippen LogP contribution >= 0.6 is 11.6 Å². The lowest BCUT2D eigenvalue weighted by Gasteiger charge is -2.13. The molecule has 0 bridgehead atoms. The fraction of sp³-hybridized carbons (Fsp3) is 0.500. The van der Waals surface area contributed by atoms with E-state index in [9.17, 15) is 12.8 Å². The molecule has 0 amide bonds. The van der Waals surface area contributed by atoms with Gasteiger partial charge in [0.25, 0.3) is 0 Å². The first-order valence-corrected chi connectivity index (χ1v) is 7.96. The molecule has 0 spiro atoms. The van der Waals surface area contributed by atoms with Crippen LogP contribution in [0, 0.1) is 5.82 Å². The summed E-state index contributed by atoms with van der Waals surface area (Å²) in [6.45, 7) is 1.62. The molecule has 0 aromatic heterocycles. The maximum Gasteiger partial charge on any atom is 0.150 e. The van der Waals surface area contributed by atoms with Crippen LogP contribution in [0.5, 0.6) is 0 Å². The molecule has 3 nitrogen and oxygen atoms in total. The van der Waals surface area contributed by atoms with Crippen LogP contribution in [0.2, 0.25) is 5.02 Å². The number of halogens is 2. The number of sulfone groups is 1. The number of rotatable bonds is 6. The maximum atomic E-state index is 12.9. The first kappa shape index (κ1) is 15.4. The van der Waals surface area contributed by atoms with E-state index < -0.39 is 15.7 Å². The highest BCUT2D eigenvalue weighted by atomic mass is 35.5. The van der Waals surface area contributed by atoms with Gasteiger partial charge < -0.3 is 5.73 Å². The Balaban J connectivity index is 2.58. The standard InChI is InChI=1S/C12H17ClFNO2S/c1-2-18(16,17)7-3-4-12(15)10-6-5-9(14)8-11(10)13/h5-6,8,12H,2-4,7,15H2,1H3. The molecule has 0 saturated heterocycles. The molecule has 2 N–H and O–H groups in total. The van der Waals surface area contributed by atoms with Gasteiger partial charge in [0, 0.05) is 16.8 Å². The Hall–Kier alpha value is -0.650. The lowest BCUT2D eigenvalue weighted by Crippen LogP contribution is -2.14. The fourth-order valence-electron chi connectivity index (χ4n) is 1.63. The van der Waals surface area contributed by atoms with Gasteiger partial charge in [-0.2, -0.15) is 0 Å². The minimum atomic E-state index is -2.96. The highest BCUT2D eigenvalue weighted by Gasteiger charge is 2.13. The van der Waals surface area contributed by atoms with E-state index in [2.05, 4.69) is 0 Å². The molecule has 0 radical (unpaired) electrons. The molecular weight excluding hydrogens is 277 g/mol. The molecule has 0 heterocycles. The molecule has 0 fully saturated rings. The second-order valence-corrected chi connectivity index (χ2v) is 7.03. The Kier molecular flexibility index (Phi) is 5.56. The van der Waals surface area contributed by atoms with Crippen LogP contribution in [0.4, 0.5) is 4.39 Å². The van der Waals surface area contributed by atoms with Crippen molar-refractivity contribution in [3.63, 3.8) is 0 Å². The van der Waals surface area contributed by atoms with E-state index in [0.29, 0.717) is 18.4 Å². The smallest absolute Gasteiger partial charge is 0.150 e. The Labute approximate surface area is 112 Å². The van der Waals surface area contributed by atoms with Gasteiger partial charge in [0.2, 0.25) is 0 Å². The van der Waals surface area contributed by atoms with Crippen molar-refractivity contribution in [1.29, 1.82) is 0 Å². The average Bonchev–Trinajstić information content (AvgIpc) is 2.28. The fourth-order valence-corrected chi connectivity index (χ4v) is 2.83. The summed E-state index contributed by atoms with van der Waals surface area (Å²) >= 11 is 5.88. The van der Waals surface area contributed by atoms with Gasteiger partial charge in [0.1, 0.15) is 15.7 Å². The van der Waals surface area contributed by atoms with E-state index in [4.69, 9.17) is 17.3 Å². The molecule has 102 valence electrons. The Bertz CT molecular complexity index is 505. The van der Waals surface area contributed by atoms with Crippen molar-refractivity contribution in [2.45, 2.75) is 25.8 Å². The normalized spacial score (nSPS) is 13.6. The van der Waals surface area contributed by atoms with Crippen molar-refractivity contribution < 1.29 is 12.8 Å². The molecule has 0 saturated carbocycles. The maximum absolute atomic E-state index is 12.9. The molecule has 1 atom stereocenters. The zero-order valence-corrected chi connectivity index (χ0v) is 11.8. The van der Waals surface area contributed by atoms with Crippen LogP contribution in [0.25, 0.3) is 0 Å². The van der Waals surface area contributed by atoms with Crippen molar-refractivity contribution in [2.75, 3.05) is 11.5 Å². The number of nitrogens with two attached hydrogens (primary N) is 1. The zero-order chi connectivity index (χ0) is 13.8. The van der Waals surface area contributed by atoms with Gasteiger partial charge in [0.05, 0.1) is 5.75 Å². The average molecular weight is 294 g/mol. The largest absolute Gasteiger partial charge is 0.324 e. The molecule has 18 heavy (non-hydrogen) atoms. The van der Waals surface area contributed by atoms with Crippen LogP contribution in [-0.4, -0.2) is 19.9 Å². The predicted octanol–water partition coefficient (Wildman–Crippen LogP) is 2.69. The molecular formula is C12H17ClFNO2S. The minimum absolute atomic E-state index is 0.121. The van der Waals surface area contributed by atoms with E-state index in [1.54, 1.807) is 6.92 Å². The lowest BCUT2D eigenvalue weighted by atomic mass is 10.0. The third-order valence-corrected chi connectivity index (χ3v) is 4.89. The third kappa shape index (κ3) is 4.55. The topological polar surface area (TPSA) is 60.2 Å². The summed E-state index contributed by atoms with van der Waals surface area (Å²) in [6.07, 6.45) is 0.982. The third-order valence-electron chi connectivity index (χ3n) is 2.77. The summed E-state index contributed by atoms with van der Waals surface area (Å²) in [4.78, 5) is 0. The van der Waals surface area contributed by atoms with Crippen molar-refractivity contribution in [3.05, 3.63) is 34.6 Å². The Morgan fingerprint density at radius 3 is 2.67 bits per heavy atom. The van der Waals surface area contributed by atoms with Crippen LogP contribution in [0.3, 0.4) is 0 Å². The molecule has 1 rings (SSSR count). The number of hydrogen-bond acceptors (Lipinski definition) is 3. The van der Waals surface area contributed by atoms with E-state index in [1.165, 1.54) is 18.2 Å². The molecule has 1 aromatic carbocycles. The van der Waals surface area contributed by atoms with Crippen molar-refractivity contribution in [3.8, 4) is 0 Å². The molecule has 0 aliphatic carbocycles. The van der Waals surface area contributed by atoms with Crippen molar-refractivity contribution in [2.24, 2.45) is 5.73 Å². The summed E-state index contributed by atoms with van der Waals surface area (Å²) < 4.78 is 35.5. The summed E-state index contributed by atoms with van der Waals surface area (Å²) in [5, 5.41) is 0.279. The number of hydrogen-bond donors (Lipinski definition) is 1. The molecule has 0 aliphatic heterocycles. The molecule has 1 aromatic rings. The molecule has 1 unspecified atom stereocenters. The van der Waals surface area contributed by atoms with Gasteiger partial charge in [0.15, 0.2) is 0 Å².